The van der Waals surface area contributed by atoms with Crippen LogP contribution in [0.3, 0.4) is 0 Å². The molecule has 2 aromatic rings. The fourth-order valence-electron chi connectivity index (χ4n) is 4.60. The molecular weight excluding hydrogens is 425 g/mol. The third kappa shape index (κ3) is 3.54. The highest BCUT2D eigenvalue weighted by Crippen LogP contribution is 2.46. The van der Waals surface area contributed by atoms with Gasteiger partial charge in [-0.3, -0.25) is 14.2 Å². The number of hydrogen-bond donors (Lipinski definition) is 2. The van der Waals surface area contributed by atoms with Crippen LogP contribution < -0.4 is 16.2 Å². The number of aromatic nitrogens is 2. The van der Waals surface area contributed by atoms with Gasteiger partial charge in [0.25, 0.3) is 11.5 Å². The summed E-state index contributed by atoms with van der Waals surface area (Å²) in [5.41, 5.74) is -0.678. The van der Waals surface area contributed by atoms with E-state index in [9.17, 15) is 23.1 Å². The summed E-state index contributed by atoms with van der Waals surface area (Å²) in [5, 5.41) is 13.6. The standard InChI is InChI=1S/C20H24N3O5PS/c1-30(27,28)14-10-13(29)5-4-12(14)11-21-17(25)15-16(24)18(26)23-9-8-20(19(23)22-15)6-2-3-7-20/h4-5,10,24H,2-3,6-9,11,29H2,1H3,(H,21,25). The quantitative estimate of drug-likeness (QED) is 0.673. The van der Waals surface area contributed by atoms with E-state index in [1.807, 2.05) is 0 Å². The van der Waals surface area contributed by atoms with Crippen LogP contribution in [0.25, 0.3) is 0 Å². The molecule has 1 aromatic carbocycles. The van der Waals surface area contributed by atoms with Crippen molar-refractivity contribution >= 4 is 30.3 Å². The zero-order chi connectivity index (χ0) is 21.7. The van der Waals surface area contributed by atoms with Crippen LogP contribution >= 0.6 is 9.24 Å². The number of carbonyl (C=O) groups excluding carboxylic acids is 1. The largest absolute Gasteiger partial charge is 0.501 e. The number of benzene rings is 1. The Hall–Kier alpha value is -2.25. The fraction of sp³-hybridized carbons (Fsp3) is 0.450. The van der Waals surface area contributed by atoms with Crippen LogP contribution in [0.4, 0.5) is 0 Å². The van der Waals surface area contributed by atoms with E-state index in [4.69, 9.17) is 0 Å². The molecule has 0 saturated heterocycles. The number of sulfone groups is 1. The summed E-state index contributed by atoms with van der Waals surface area (Å²) in [4.78, 5) is 30.0. The molecule has 160 valence electrons. The molecule has 1 aromatic heterocycles. The SMILES string of the molecule is CS(=O)(=O)c1cc(P)ccc1CNC(=O)c1nc2n(c(=O)c1O)CCC21CCCC1. The zero-order valence-electron chi connectivity index (χ0n) is 16.6. The van der Waals surface area contributed by atoms with Crippen LogP contribution in [0.15, 0.2) is 27.9 Å². The van der Waals surface area contributed by atoms with Gasteiger partial charge in [-0.1, -0.05) is 25.0 Å². The van der Waals surface area contributed by atoms with Crippen molar-refractivity contribution in [2.24, 2.45) is 0 Å². The van der Waals surface area contributed by atoms with Gasteiger partial charge in [0.2, 0.25) is 5.75 Å². The minimum Gasteiger partial charge on any atom is -0.501 e. The fourth-order valence-corrected chi connectivity index (χ4v) is 5.95. The minimum absolute atomic E-state index is 0.0726. The predicted octanol–water partition coefficient (Wildman–Crippen LogP) is 0.998. The molecule has 10 heteroatoms. The second-order valence-electron chi connectivity index (χ2n) is 8.15. The molecule has 1 aliphatic heterocycles. The third-order valence-electron chi connectivity index (χ3n) is 6.14. The number of rotatable bonds is 4. The molecule has 8 nitrogen and oxygen atoms in total. The van der Waals surface area contributed by atoms with Crippen molar-refractivity contribution in [2.75, 3.05) is 6.26 Å². The molecule has 1 unspecified atom stereocenters. The third-order valence-corrected chi connectivity index (χ3v) is 7.68. The molecule has 1 amide bonds. The summed E-state index contributed by atoms with van der Waals surface area (Å²) >= 11 is 0. The van der Waals surface area contributed by atoms with Crippen molar-refractivity contribution in [3.05, 3.63) is 45.6 Å². The highest BCUT2D eigenvalue weighted by Gasteiger charge is 2.44. The van der Waals surface area contributed by atoms with E-state index >= 15 is 0 Å². The van der Waals surface area contributed by atoms with Crippen LogP contribution in [0.2, 0.25) is 0 Å². The number of carbonyl (C=O) groups is 1. The van der Waals surface area contributed by atoms with Gasteiger partial charge >= 0.3 is 0 Å². The molecule has 0 radical (unpaired) electrons. The average Bonchev–Trinajstić information content (AvgIpc) is 3.31. The predicted molar refractivity (Wildman–Crippen MR) is 115 cm³/mol. The normalized spacial score (nSPS) is 17.3. The number of amides is 1. The molecule has 0 bridgehead atoms. The Balaban J connectivity index is 1.65. The molecule has 4 rings (SSSR count). The summed E-state index contributed by atoms with van der Waals surface area (Å²) in [6, 6.07) is 4.86. The maximum absolute atomic E-state index is 12.8. The Labute approximate surface area is 176 Å². The molecule has 2 aliphatic rings. The Morgan fingerprint density at radius 3 is 2.67 bits per heavy atom. The maximum atomic E-state index is 12.8. The lowest BCUT2D eigenvalue weighted by atomic mass is 9.84. The van der Waals surface area contributed by atoms with Gasteiger partial charge in [0.15, 0.2) is 15.5 Å². The second-order valence-corrected chi connectivity index (χ2v) is 10.8. The van der Waals surface area contributed by atoms with E-state index in [2.05, 4.69) is 19.5 Å². The molecule has 1 aliphatic carbocycles. The monoisotopic (exact) mass is 449 g/mol. The van der Waals surface area contributed by atoms with Gasteiger partial charge in [-0.15, -0.1) is 9.24 Å². The smallest absolute Gasteiger partial charge is 0.296 e. The van der Waals surface area contributed by atoms with E-state index in [-0.39, 0.29) is 22.5 Å². The molecule has 1 spiro atoms. The first-order valence-electron chi connectivity index (χ1n) is 9.83. The van der Waals surface area contributed by atoms with E-state index in [0.717, 1.165) is 38.4 Å². The number of nitrogens with one attached hydrogen (secondary N) is 1. The van der Waals surface area contributed by atoms with Crippen molar-refractivity contribution in [2.45, 2.75) is 55.5 Å². The van der Waals surface area contributed by atoms with Gasteiger partial charge in [-0.25, -0.2) is 13.4 Å². The van der Waals surface area contributed by atoms with E-state index < -0.39 is 27.1 Å². The summed E-state index contributed by atoms with van der Waals surface area (Å²) in [6.45, 7) is 0.423. The Morgan fingerprint density at radius 1 is 1.30 bits per heavy atom. The summed E-state index contributed by atoms with van der Waals surface area (Å²) in [7, 11) is -1.05. The maximum Gasteiger partial charge on any atom is 0.296 e. The molecule has 1 fully saturated rings. The molecule has 1 saturated carbocycles. The average molecular weight is 449 g/mol. The van der Waals surface area contributed by atoms with E-state index in [0.29, 0.717) is 23.2 Å². The molecular formula is C20H24N3O5PS. The van der Waals surface area contributed by atoms with Crippen LogP contribution in [0.1, 0.15) is 54.0 Å². The minimum atomic E-state index is -3.49. The number of fused-ring (bicyclic) bond motifs is 2. The van der Waals surface area contributed by atoms with Crippen molar-refractivity contribution in [3.63, 3.8) is 0 Å². The van der Waals surface area contributed by atoms with E-state index in [1.54, 1.807) is 12.1 Å². The summed E-state index contributed by atoms with van der Waals surface area (Å²) in [5.74, 6) is -0.797. The van der Waals surface area contributed by atoms with Crippen molar-refractivity contribution in [1.82, 2.24) is 14.9 Å². The molecule has 1 atom stereocenters. The van der Waals surface area contributed by atoms with Gasteiger partial charge in [0, 0.05) is 24.8 Å². The van der Waals surface area contributed by atoms with Crippen LogP contribution in [0, 0.1) is 0 Å². The Kier molecular flexibility index (Phi) is 5.22. The molecule has 2 N–H and O–H groups in total. The van der Waals surface area contributed by atoms with E-state index in [1.165, 1.54) is 10.6 Å². The highest BCUT2D eigenvalue weighted by molar-refractivity contribution is 7.90. The zero-order valence-corrected chi connectivity index (χ0v) is 18.6. The topological polar surface area (TPSA) is 118 Å². The lowest BCUT2D eigenvalue weighted by molar-refractivity contribution is 0.0941. The van der Waals surface area contributed by atoms with Gasteiger partial charge < -0.3 is 10.4 Å². The second kappa shape index (κ2) is 7.46. The van der Waals surface area contributed by atoms with Gasteiger partial charge in [0.05, 0.1) is 4.90 Å². The van der Waals surface area contributed by atoms with Crippen LogP contribution in [-0.4, -0.2) is 35.2 Å². The highest BCUT2D eigenvalue weighted by atomic mass is 32.2. The van der Waals surface area contributed by atoms with Crippen LogP contribution in [0.5, 0.6) is 5.75 Å². The number of aromatic hydroxyl groups is 1. The summed E-state index contributed by atoms with van der Waals surface area (Å²) in [6.07, 6.45) is 5.84. The number of nitrogens with zero attached hydrogens (tertiary/aromatic N) is 2. The van der Waals surface area contributed by atoms with Crippen molar-refractivity contribution in [3.8, 4) is 5.75 Å². The van der Waals surface area contributed by atoms with Crippen molar-refractivity contribution in [1.29, 1.82) is 0 Å². The van der Waals surface area contributed by atoms with Gasteiger partial charge in [-0.05, 0) is 36.2 Å². The van der Waals surface area contributed by atoms with Gasteiger partial charge in [-0.2, -0.15) is 0 Å². The lowest BCUT2D eigenvalue weighted by Crippen LogP contribution is -2.32. The number of hydrogen-bond acceptors (Lipinski definition) is 6. The first-order valence-corrected chi connectivity index (χ1v) is 12.3. The molecule has 2 heterocycles. The first-order chi connectivity index (χ1) is 14.1. The van der Waals surface area contributed by atoms with Gasteiger partial charge in [0.1, 0.15) is 5.82 Å². The summed E-state index contributed by atoms with van der Waals surface area (Å²) < 4.78 is 25.6. The molecule has 30 heavy (non-hydrogen) atoms. The van der Waals surface area contributed by atoms with Crippen LogP contribution in [-0.2, 0) is 28.3 Å². The Bertz CT molecular complexity index is 1200. The first kappa shape index (κ1) is 21.0. The Morgan fingerprint density at radius 2 is 2.00 bits per heavy atom. The van der Waals surface area contributed by atoms with Crippen molar-refractivity contribution < 1.29 is 18.3 Å². The lowest BCUT2D eigenvalue weighted by Gasteiger charge is -2.22.